The quantitative estimate of drug-likeness (QED) is 0.616. The van der Waals surface area contributed by atoms with Crippen molar-refractivity contribution < 1.29 is 22.9 Å². The molecule has 0 bridgehead atoms. The fourth-order valence-electron chi connectivity index (χ4n) is 4.13. The van der Waals surface area contributed by atoms with Crippen LogP contribution in [0.3, 0.4) is 0 Å². The summed E-state index contributed by atoms with van der Waals surface area (Å²) >= 11 is 0. The van der Waals surface area contributed by atoms with Gasteiger partial charge in [-0.2, -0.15) is 0 Å². The van der Waals surface area contributed by atoms with Crippen molar-refractivity contribution in [3.05, 3.63) is 41.3 Å². The zero-order chi connectivity index (χ0) is 24.1. The zero-order valence-electron chi connectivity index (χ0n) is 19.2. The van der Waals surface area contributed by atoms with E-state index in [2.05, 4.69) is 9.97 Å². The predicted octanol–water partition coefficient (Wildman–Crippen LogP) is 3.61. The number of nitrogens with zero attached hydrogens (tertiary/aromatic N) is 5. The molecule has 11 heteroatoms. The Morgan fingerprint density at radius 3 is 2.70 bits per heavy atom. The monoisotopic (exact) mass is 475 g/mol. The van der Waals surface area contributed by atoms with E-state index in [0.29, 0.717) is 23.4 Å². The third-order valence-corrected chi connectivity index (χ3v) is 6.24. The van der Waals surface area contributed by atoms with E-state index in [0.717, 1.165) is 0 Å². The summed E-state index contributed by atoms with van der Waals surface area (Å²) in [5.74, 6) is -0.151. The van der Waals surface area contributed by atoms with Crippen molar-refractivity contribution in [1.29, 1.82) is 0 Å². The molecule has 1 aromatic carbocycles. The van der Waals surface area contributed by atoms with Crippen molar-refractivity contribution in [2.24, 2.45) is 0 Å². The molecule has 3 heterocycles. The Morgan fingerprint density at radius 2 is 2.03 bits per heavy atom. The van der Waals surface area contributed by atoms with Gasteiger partial charge in [0, 0.05) is 37.2 Å². The highest BCUT2D eigenvalue weighted by Gasteiger charge is 2.41. The molecule has 0 saturated heterocycles. The van der Waals surface area contributed by atoms with E-state index in [4.69, 9.17) is 4.74 Å². The maximum absolute atomic E-state index is 15.0. The van der Waals surface area contributed by atoms with Gasteiger partial charge in [0.25, 0.3) is 0 Å². The molecule has 0 saturated carbocycles. The van der Waals surface area contributed by atoms with E-state index in [-0.39, 0.29) is 30.0 Å². The number of hydrogen-bond acceptors (Lipinski definition) is 6. The maximum atomic E-state index is 15.0. The highest BCUT2D eigenvalue weighted by molar-refractivity contribution is 7.84. The lowest BCUT2D eigenvalue weighted by atomic mass is 9.94. The minimum absolute atomic E-state index is 0.122. The fraction of sp³-hybridized carbons (Fsp3) is 0.455. The molecule has 1 aromatic heterocycles. The van der Waals surface area contributed by atoms with E-state index in [1.165, 1.54) is 22.1 Å². The van der Waals surface area contributed by atoms with E-state index >= 15 is 0 Å². The molecule has 33 heavy (non-hydrogen) atoms. The van der Waals surface area contributed by atoms with E-state index < -0.39 is 34.4 Å². The Labute approximate surface area is 194 Å². The van der Waals surface area contributed by atoms with E-state index in [1.54, 1.807) is 51.0 Å². The first kappa shape index (κ1) is 23.1. The van der Waals surface area contributed by atoms with Gasteiger partial charge in [0.05, 0.1) is 29.1 Å². The van der Waals surface area contributed by atoms with Crippen LogP contribution >= 0.6 is 0 Å². The third-order valence-electron chi connectivity index (χ3n) is 5.53. The van der Waals surface area contributed by atoms with Crippen molar-refractivity contribution in [3.8, 4) is 0 Å². The molecule has 4 rings (SSSR count). The minimum Gasteiger partial charge on any atom is -0.443 e. The highest BCUT2D eigenvalue weighted by Crippen LogP contribution is 2.42. The number of benzene rings is 1. The summed E-state index contributed by atoms with van der Waals surface area (Å²) in [4.78, 5) is 38.8. The molecule has 3 amide bonds. The lowest BCUT2D eigenvalue weighted by Crippen LogP contribution is -2.50. The van der Waals surface area contributed by atoms with Gasteiger partial charge in [-0.3, -0.25) is 14.0 Å². The third kappa shape index (κ3) is 4.29. The summed E-state index contributed by atoms with van der Waals surface area (Å²) in [6.07, 6.45) is 2.82. The number of ether oxygens (including phenoxy) is 1. The fourth-order valence-corrected chi connectivity index (χ4v) is 4.54. The van der Waals surface area contributed by atoms with Crippen LogP contribution in [0.2, 0.25) is 0 Å². The van der Waals surface area contributed by atoms with Crippen LogP contribution in [0.25, 0.3) is 0 Å². The largest absolute Gasteiger partial charge is 0.443 e. The molecule has 2 aromatic rings. The van der Waals surface area contributed by atoms with Gasteiger partial charge < -0.3 is 9.64 Å². The van der Waals surface area contributed by atoms with Crippen LogP contribution in [0, 0.1) is 5.82 Å². The van der Waals surface area contributed by atoms with Crippen LogP contribution in [0.15, 0.2) is 29.6 Å². The van der Waals surface area contributed by atoms with Gasteiger partial charge in [-0.25, -0.2) is 23.9 Å². The Balaban J connectivity index is 1.70. The molecule has 0 fully saturated rings. The van der Waals surface area contributed by atoms with Gasteiger partial charge in [-0.1, -0.05) is 12.1 Å². The molecule has 9 nitrogen and oxygen atoms in total. The number of hydrogen-bond donors (Lipinski definition) is 0. The average Bonchev–Trinajstić information content (AvgIpc) is 2.74. The van der Waals surface area contributed by atoms with Gasteiger partial charge in [0.15, 0.2) is 0 Å². The summed E-state index contributed by atoms with van der Waals surface area (Å²) < 4.78 is 32.2. The second-order valence-electron chi connectivity index (χ2n) is 9.04. The van der Waals surface area contributed by atoms with Gasteiger partial charge in [-0.05, 0) is 33.3 Å². The Bertz CT molecular complexity index is 1150. The number of aromatic nitrogens is 2. The van der Waals surface area contributed by atoms with Gasteiger partial charge in [-0.15, -0.1) is 0 Å². The first-order valence-corrected chi connectivity index (χ1v) is 12.1. The second-order valence-corrected chi connectivity index (χ2v) is 10.3. The Hall–Kier alpha value is -3.08. The van der Waals surface area contributed by atoms with Crippen LogP contribution in [0.4, 0.5) is 25.5 Å². The highest BCUT2D eigenvalue weighted by atomic mass is 32.2. The number of anilines is 2. The number of carbonyl (C=O) groups excluding carboxylic acids is 2. The topological polar surface area (TPSA) is 95.9 Å². The summed E-state index contributed by atoms with van der Waals surface area (Å²) in [7, 11) is 0.209. The first-order valence-electron chi connectivity index (χ1n) is 10.5. The van der Waals surface area contributed by atoms with Crippen LogP contribution in [-0.2, 0) is 22.1 Å². The SMILES string of the molecule is CN1C(=O)N(C2CCN(C(=O)OC(C)(C)C)c3c(F)cccc32)Cc2cnc(S(C)=O)nc21. The number of para-hydroxylation sites is 1. The molecule has 0 aliphatic carbocycles. The number of halogens is 1. The van der Waals surface area contributed by atoms with Gasteiger partial charge >= 0.3 is 12.1 Å². The number of amides is 3. The smallest absolute Gasteiger partial charge is 0.414 e. The molecule has 2 unspecified atom stereocenters. The summed E-state index contributed by atoms with van der Waals surface area (Å²) in [6, 6.07) is 3.80. The lowest BCUT2D eigenvalue weighted by molar-refractivity contribution is 0.0570. The Kier molecular flexibility index (Phi) is 5.85. The molecule has 0 radical (unpaired) electrons. The average molecular weight is 476 g/mol. The molecule has 176 valence electrons. The number of rotatable bonds is 2. The van der Waals surface area contributed by atoms with Gasteiger partial charge in [0.1, 0.15) is 17.2 Å². The van der Waals surface area contributed by atoms with Crippen molar-refractivity contribution in [1.82, 2.24) is 14.9 Å². The number of carbonyl (C=O) groups is 2. The summed E-state index contributed by atoms with van der Waals surface area (Å²) in [5.41, 5.74) is 0.621. The van der Waals surface area contributed by atoms with Crippen LogP contribution in [0.5, 0.6) is 0 Å². The molecule has 0 N–H and O–H groups in total. The zero-order valence-corrected chi connectivity index (χ0v) is 20.0. The van der Waals surface area contributed by atoms with Crippen molar-refractivity contribution in [2.75, 3.05) is 29.6 Å². The molecule has 0 spiro atoms. The van der Waals surface area contributed by atoms with E-state index in [9.17, 15) is 18.2 Å². The summed E-state index contributed by atoms with van der Waals surface area (Å²) in [6.45, 7) is 5.66. The number of urea groups is 1. The molecule has 2 atom stereocenters. The van der Waals surface area contributed by atoms with E-state index in [1.807, 2.05) is 0 Å². The summed E-state index contributed by atoms with van der Waals surface area (Å²) in [5, 5.41) is 0.153. The lowest BCUT2D eigenvalue weighted by Gasteiger charge is -2.43. The van der Waals surface area contributed by atoms with Crippen molar-refractivity contribution in [3.63, 3.8) is 0 Å². The molecular formula is C22H26FN5O4S. The van der Waals surface area contributed by atoms with Crippen LogP contribution in [0.1, 0.15) is 44.4 Å². The molecule has 2 aliphatic heterocycles. The minimum atomic E-state index is -1.38. The standard InChI is InChI=1S/C22H26FN5O4S/c1-22(2,3)32-21(30)27-10-9-16(14-7-6-8-15(23)17(14)27)28-12-13-11-24-19(33(5)31)25-18(13)26(4)20(28)29/h6-8,11,16H,9-10,12H2,1-5H3. The maximum Gasteiger partial charge on any atom is 0.414 e. The molecular weight excluding hydrogens is 449 g/mol. The van der Waals surface area contributed by atoms with Crippen LogP contribution in [-0.4, -0.2) is 56.7 Å². The predicted molar refractivity (Wildman–Crippen MR) is 121 cm³/mol. The first-order chi connectivity index (χ1) is 15.5. The molecule has 2 aliphatic rings. The van der Waals surface area contributed by atoms with Gasteiger partial charge in [0.2, 0.25) is 5.16 Å². The van der Waals surface area contributed by atoms with Crippen molar-refractivity contribution in [2.45, 2.75) is 50.5 Å². The van der Waals surface area contributed by atoms with Crippen molar-refractivity contribution >= 4 is 34.4 Å². The number of fused-ring (bicyclic) bond motifs is 2. The normalized spacial score (nSPS) is 19.2. The Morgan fingerprint density at radius 1 is 1.30 bits per heavy atom. The van der Waals surface area contributed by atoms with Crippen LogP contribution < -0.4 is 9.80 Å². The second kappa shape index (κ2) is 8.36.